The summed E-state index contributed by atoms with van der Waals surface area (Å²) >= 11 is 1.57. The molecule has 6 nitrogen and oxygen atoms in total. The number of carbonyl (C=O) groups is 1. The van der Waals surface area contributed by atoms with Crippen molar-refractivity contribution < 1.29 is 19.1 Å². The van der Waals surface area contributed by atoms with Gasteiger partial charge in [0.05, 0.1) is 5.75 Å². The highest BCUT2D eigenvalue weighted by atomic mass is 32.2. The first-order chi connectivity index (χ1) is 8.68. The second-order valence-corrected chi connectivity index (χ2v) is 4.62. The standard InChI is InChI=1S/C11H10N2O4S/c14-10(15)9-11(16)17-12-13(9)6-7-18-8-4-2-1-3-5-8/h1-5H,6-7H2,(H-,12,14,15,16)/p+1. The Morgan fingerprint density at radius 1 is 1.39 bits per heavy atom. The fraction of sp³-hybridized carbons (Fsp3) is 0.182. The third-order valence-corrected chi connectivity index (χ3v) is 3.23. The Bertz CT molecular complexity index is 591. The van der Waals surface area contributed by atoms with E-state index < -0.39 is 11.6 Å². The highest BCUT2D eigenvalue weighted by Crippen LogP contribution is 2.15. The second-order valence-electron chi connectivity index (χ2n) is 3.45. The molecule has 0 saturated heterocycles. The lowest BCUT2D eigenvalue weighted by Gasteiger charge is -1.96. The smallest absolute Gasteiger partial charge is 0.442 e. The number of aromatic carboxylic acids is 1. The molecule has 0 amide bonds. The maximum atomic E-state index is 11.1. The zero-order chi connectivity index (χ0) is 13.0. The molecule has 0 fully saturated rings. The summed E-state index contributed by atoms with van der Waals surface area (Å²) in [6.07, 6.45) is 0. The Labute approximate surface area is 106 Å². The molecule has 0 radical (unpaired) electrons. The maximum absolute atomic E-state index is 11.1. The molecule has 0 spiro atoms. The average Bonchev–Trinajstić information content (AvgIpc) is 2.72. The van der Waals surface area contributed by atoms with Gasteiger partial charge in [-0.25, -0.2) is 9.59 Å². The summed E-state index contributed by atoms with van der Waals surface area (Å²) in [5, 5.41) is 11.1. The van der Waals surface area contributed by atoms with Crippen LogP contribution in [0.5, 0.6) is 0 Å². The van der Waals surface area contributed by atoms with E-state index in [0.29, 0.717) is 12.3 Å². The predicted octanol–water partition coefficient (Wildman–Crippen LogP) is 0.746. The van der Waals surface area contributed by atoms with Crippen molar-refractivity contribution in [2.24, 2.45) is 0 Å². The predicted molar refractivity (Wildman–Crippen MR) is 63.6 cm³/mol. The van der Waals surface area contributed by atoms with Gasteiger partial charge in [0.1, 0.15) is 0 Å². The van der Waals surface area contributed by atoms with Gasteiger partial charge in [-0.05, 0) is 17.4 Å². The van der Waals surface area contributed by atoms with Gasteiger partial charge in [-0.3, -0.25) is 4.52 Å². The number of nitrogens with one attached hydrogen (secondary N) is 1. The number of carboxylic acids is 1. The van der Waals surface area contributed by atoms with Crippen molar-refractivity contribution in [1.29, 1.82) is 0 Å². The van der Waals surface area contributed by atoms with E-state index in [1.807, 2.05) is 30.3 Å². The van der Waals surface area contributed by atoms with Crippen LogP contribution in [0.15, 0.2) is 44.5 Å². The highest BCUT2D eigenvalue weighted by molar-refractivity contribution is 7.99. The van der Waals surface area contributed by atoms with Crippen LogP contribution in [-0.4, -0.2) is 22.1 Å². The molecule has 0 atom stereocenters. The summed E-state index contributed by atoms with van der Waals surface area (Å²) in [7, 11) is 0. The molecule has 18 heavy (non-hydrogen) atoms. The normalized spacial score (nSPS) is 10.4. The lowest BCUT2D eigenvalue weighted by atomic mass is 10.4. The molecule has 1 aromatic carbocycles. The minimum atomic E-state index is -1.30. The van der Waals surface area contributed by atoms with Gasteiger partial charge in [-0.15, -0.1) is 11.8 Å². The van der Waals surface area contributed by atoms with Crippen LogP contribution in [0.1, 0.15) is 10.5 Å². The van der Waals surface area contributed by atoms with Crippen LogP contribution in [0.4, 0.5) is 0 Å². The number of rotatable bonds is 5. The Balaban J connectivity index is 1.99. The van der Waals surface area contributed by atoms with E-state index in [2.05, 4.69) is 9.79 Å². The molecule has 2 rings (SSSR count). The van der Waals surface area contributed by atoms with Crippen LogP contribution in [-0.2, 0) is 6.54 Å². The first-order valence-electron chi connectivity index (χ1n) is 5.21. The summed E-state index contributed by atoms with van der Waals surface area (Å²) in [6.45, 7) is 0.354. The number of hydrogen-bond acceptors (Lipinski definition) is 4. The van der Waals surface area contributed by atoms with Gasteiger partial charge in [0, 0.05) is 4.90 Å². The van der Waals surface area contributed by atoms with Gasteiger partial charge in [0.2, 0.25) is 0 Å². The van der Waals surface area contributed by atoms with Crippen LogP contribution in [0, 0.1) is 0 Å². The molecule has 1 aromatic heterocycles. The second kappa shape index (κ2) is 5.54. The lowest BCUT2D eigenvalue weighted by Crippen LogP contribution is -2.44. The Morgan fingerprint density at radius 2 is 2.11 bits per heavy atom. The summed E-state index contributed by atoms with van der Waals surface area (Å²) in [4.78, 5) is 23.0. The summed E-state index contributed by atoms with van der Waals surface area (Å²) in [5.41, 5.74) is -1.25. The van der Waals surface area contributed by atoms with E-state index in [1.54, 1.807) is 11.8 Å². The summed E-state index contributed by atoms with van der Waals surface area (Å²) < 4.78 is 5.65. The topological polar surface area (TPSA) is 87.2 Å². The van der Waals surface area contributed by atoms with E-state index >= 15 is 0 Å². The molecule has 0 aliphatic carbocycles. The molecule has 7 heteroatoms. The molecule has 0 aliphatic heterocycles. The van der Waals surface area contributed by atoms with Gasteiger partial charge >= 0.3 is 17.3 Å². The van der Waals surface area contributed by atoms with Gasteiger partial charge in [-0.2, -0.15) is 0 Å². The third-order valence-electron chi connectivity index (χ3n) is 2.24. The van der Waals surface area contributed by atoms with E-state index in [4.69, 9.17) is 5.11 Å². The molecule has 0 saturated carbocycles. The number of hydrogen-bond donors (Lipinski definition) is 2. The number of aromatic amines is 1. The number of aryl methyl sites for hydroxylation is 1. The van der Waals surface area contributed by atoms with E-state index in [1.165, 1.54) is 4.68 Å². The Hall–Kier alpha value is -2.02. The number of nitrogens with zero attached hydrogens (tertiary/aromatic N) is 1. The molecule has 2 aromatic rings. The highest BCUT2D eigenvalue weighted by Gasteiger charge is 2.27. The molecule has 0 aliphatic rings. The van der Waals surface area contributed by atoms with Crippen molar-refractivity contribution in [2.75, 3.05) is 5.75 Å². The molecule has 0 unspecified atom stereocenters. The van der Waals surface area contributed by atoms with Crippen molar-refractivity contribution >= 4 is 17.7 Å². The number of benzene rings is 1. The first-order valence-corrected chi connectivity index (χ1v) is 6.19. The molecule has 2 N–H and O–H groups in total. The largest absolute Gasteiger partial charge is 0.473 e. The van der Waals surface area contributed by atoms with Gasteiger partial charge in [0.25, 0.3) is 0 Å². The van der Waals surface area contributed by atoms with Gasteiger partial charge in [-0.1, -0.05) is 22.9 Å². The average molecular weight is 267 g/mol. The van der Waals surface area contributed by atoms with Crippen LogP contribution < -0.4 is 10.3 Å². The van der Waals surface area contributed by atoms with Gasteiger partial charge < -0.3 is 5.11 Å². The van der Waals surface area contributed by atoms with Crippen molar-refractivity contribution in [3.05, 3.63) is 46.4 Å². The van der Waals surface area contributed by atoms with E-state index in [9.17, 15) is 9.59 Å². The van der Waals surface area contributed by atoms with Gasteiger partial charge in [0.15, 0.2) is 6.54 Å². The summed E-state index contributed by atoms with van der Waals surface area (Å²) in [6, 6.07) is 9.71. The number of carboxylic acid groups (broad SMARTS) is 1. The quantitative estimate of drug-likeness (QED) is 0.616. The monoisotopic (exact) mass is 267 g/mol. The molecule has 0 bridgehead atoms. The van der Waals surface area contributed by atoms with Crippen LogP contribution in [0.3, 0.4) is 0 Å². The van der Waals surface area contributed by atoms with Crippen molar-refractivity contribution in [1.82, 2.24) is 5.27 Å². The van der Waals surface area contributed by atoms with E-state index in [0.717, 1.165) is 4.90 Å². The molecular formula is C11H11N2O4S+. The van der Waals surface area contributed by atoms with E-state index in [-0.39, 0.29) is 5.69 Å². The number of thioether (sulfide) groups is 1. The SMILES string of the molecule is O=C(O)c1c(=O)o[nH][n+]1CCSc1ccccc1. The van der Waals surface area contributed by atoms with Crippen molar-refractivity contribution in [3.8, 4) is 0 Å². The first kappa shape index (κ1) is 12.4. The lowest BCUT2D eigenvalue weighted by molar-refractivity contribution is -0.760. The molecule has 1 heterocycles. The van der Waals surface area contributed by atoms with Crippen LogP contribution in [0.25, 0.3) is 0 Å². The number of aromatic nitrogens is 2. The molecular weight excluding hydrogens is 256 g/mol. The Morgan fingerprint density at radius 3 is 2.78 bits per heavy atom. The minimum Gasteiger partial charge on any atom is -0.473 e. The number of H-pyrrole nitrogens is 1. The third kappa shape index (κ3) is 2.80. The zero-order valence-corrected chi connectivity index (χ0v) is 10.1. The minimum absolute atomic E-state index is 0.354. The van der Waals surface area contributed by atoms with Crippen molar-refractivity contribution in [2.45, 2.75) is 11.4 Å². The van der Waals surface area contributed by atoms with Crippen LogP contribution in [0.2, 0.25) is 0 Å². The fourth-order valence-electron chi connectivity index (χ4n) is 1.43. The van der Waals surface area contributed by atoms with Crippen molar-refractivity contribution in [3.63, 3.8) is 0 Å². The zero-order valence-electron chi connectivity index (χ0n) is 9.33. The maximum Gasteiger partial charge on any atom is 0.442 e. The fourth-order valence-corrected chi connectivity index (χ4v) is 2.29. The summed E-state index contributed by atoms with van der Waals surface area (Å²) in [5.74, 6) is -0.667. The molecule has 94 valence electrons. The van der Waals surface area contributed by atoms with Crippen LogP contribution >= 0.6 is 11.8 Å². The Kier molecular flexibility index (Phi) is 3.83.